The van der Waals surface area contributed by atoms with Crippen LogP contribution >= 0.6 is 11.3 Å². The summed E-state index contributed by atoms with van der Waals surface area (Å²) in [6, 6.07) is 6.85. The van der Waals surface area contributed by atoms with E-state index in [2.05, 4.69) is 35.0 Å². The highest BCUT2D eigenvalue weighted by atomic mass is 32.1. The van der Waals surface area contributed by atoms with Gasteiger partial charge in [0, 0.05) is 17.7 Å². The van der Waals surface area contributed by atoms with Crippen LogP contribution in [0.2, 0.25) is 0 Å². The molecule has 1 fully saturated rings. The number of carbonyl (C=O) groups is 2. The number of hydrogen-bond donors (Lipinski definition) is 1. The number of nitrogens with one attached hydrogen (secondary N) is 1. The van der Waals surface area contributed by atoms with Gasteiger partial charge in [-0.25, -0.2) is 38.9 Å². The molecule has 0 saturated heterocycles. The number of ether oxygens (including phenoxy) is 4. The molecule has 3 heterocycles. The number of halogens is 1. The van der Waals surface area contributed by atoms with Gasteiger partial charge in [-0.3, -0.25) is 5.32 Å². The minimum Gasteiger partial charge on any atom is -0.483 e. The summed E-state index contributed by atoms with van der Waals surface area (Å²) in [7, 11) is 2.75. The number of hydrogen-bond acceptors (Lipinski definition) is 12. The molecule has 43 heavy (non-hydrogen) atoms. The second kappa shape index (κ2) is 11.7. The highest BCUT2D eigenvalue weighted by Gasteiger charge is 2.33. The molecule has 12 nitrogen and oxygen atoms in total. The Balaban J connectivity index is 1.18. The molecule has 0 bridgehead atoms. The summed E-state index contributed by atoms with van der Waals surface area (Å²) in [5, 5.41) is 3.19. The third-order valence-electron chi connectivity index (χ3n) is 6.85. The molecule has 1 amide bonds. The van der Waals surface area contributed by atoms with Gasteiger partial charge in [0.15, 0.2) is 11.6 Å². The van der Waals surface area contributed by atoms with Crippen molar-refractivity contribution < 1.29 is 32.9 Å². The van der Waals surface area contributed by atoms with E-state index < -0.39 is 30.1 Å². The summed E-state index contributed by atoms with van der Waals surface area (Å²) in [4.78, 5) is 45.4. The molecule has 1 aliphatic rings. The monoisotopic (exact) mass is 604 g/mol. The van der Waals surface area contributed by atoms with Crippen LogP contribution in [-0.4, -0.2) is 63.4 Å². The topological polar surface area (TPSA) is 148 Å². The van der Waals surface area contributed by atoms with Gasteiger partial charge in [0.2, 0.25) is 11.7 Å². The van der Waals surface area contributed by atoms with Crippen molar-refractivity contribution in [3.63, 3.8) is 0 Å². The molecule has 3 aromatic heterocycles. The lowest BCUT2D eigenvalue weighted by molar-refractivity contribution is 0.0400. The molecule has 2 aromatic carbocycles. The molecule has 14 heteroatoms. The van der Waals surface area contributed by atoms with Crippen molar-refractivity contribution in [1.82, 2.24) is 24.9 Å². The molecule has 0 aliphatic heterocycles. The zero-order valence-electron chi connectivity index (χ0n) is 23.3. The first-order valence-electron chi connectivity index (χ1n) is 13.3. The Bertz CT molecular complexity index is 1850. The summed E-state index contributed by atoms with van der Waals surface area (Å²) < 4.78 is 37.3. The summed E-state index contributed by atoms with van der Waals surface area (Å²) >= 11 is 1.39. The van der Waals surface area contributed by atoms with E-state index in [9.17, 15) is 9.59 Å². The number of esters is 1. The number of amides is 1. The summed E-state index contributed by atoms with van der Waals surface area (Å²) in [5.74, 6) is -0.944. The average Bonchev–Trinajstić information content (AvgIpc) is 3.62. The van der Waals surface area contributed by atoms with E-state index in [0.29, 0.717) is 40.3 Å². The van der Waals surface area contributed by atoms with Crippen molar-refractivity contribution in [2.75, 3.05) is 19.5 Å². The van der Waals surface area contributed by atoms with Crippen molar-refractivity contribution in [3.05, 3.63) is 60.1 Å². The van der Waals surface area contributed by atoms with Crippen LogP contribution in [0.25, 0.3) is 31.8 Å². The number of nitrogens with zero attached hydrogens (tertiary/aromatic N) is 5. The molecule has 5 aromatic rings. The molecule has 2 atom stereocenters. The number of benzene rings is 2. The average molecular weight is 605 g/mol. The second-order valence-electron chi connectivity index (χ2n) is 9.80. The number of thiazole rings is 1. The first-order valence-corrected chi connectivity index (χ1v) is 14.1. The Morgan fingerprint density at radius 3 is 2.53 bits per heavy atom. The molecular formula is C29H25FN6O6S. The lowest BCUT2D eigenvalue weighted by Crippen LogP contribution is -2.32. The molecule has 220 valence electrons. The van der Waals surface area contributed by atoms with Crippen LogP contribution in [0.1, 0.15) is 35.4 Å². The van der Waals surface area contributed by atoms with Gasteiger partial charge in [-0.1, -0.05) is 0 Å². The van der Waals surface area contributed by atoms with Gasteiger partial charge >= 0.3 is 12.1 Å². The zero-order valence-corrected chi connectivity index (χ0v) is 24.1. The van der Waals surface area contributed by atoms with E-state index >= 15 is 4.39 Å². The maximum atomic E-state index is 15.2. The summed E-state index contributed by atoms with van der Waals surface area (Å²) in [5.41, 5.74) is 3.82. The SMILES string of the molecule is COC(=O)c1ncc(NC(=O)O[C@@H]2CCC[C@@H]2Oc2cc3sc(-c4cc(C)cc5nc(OC)cnc45)nc3cc2F)cn1. The van der Waals surface area contributed by atoms with E-state index in [4.69, 9.17) is 14.2 Å². The van der Waals surface area contributed by atoms with Gasteiger partial charge in [0.05, 0.1) is 59.7 Å². The highest BCUT2D eigenvalue weighted by molar-refractivity contribution is 7.21. The van der Waals surface area contributed by atoms with Gasteiger partial charge in [0.1, 0.15) is 17.2 Å². The van der Waals surface area contributed by atoms with Crippen LogP contribution < -0.4 is 14.8 Å². The maximum absolute atomic E-state index is 15.2. The summed E-state index contributed by atoms with van der Waals surface area (Å²) in [6.45, 7) is 1.96. The maximum Gasteiger partial charge on any atom is 0.412 e. The zero-order chi connectivity index (χ0) is 30.1. The van der Waals surface area contributed by atoms with Gasteiger partial charge in [0.25, 0.3) is 0 Å². The minimum absolute atomic E-state index is 0.0500. The Labute approximate surface area is 248 Å². The van der Waals surface area contributed by atoms with Crippen molar-refractivity contribution in [2.45, 2.75) is 38.4 Å². The Morgan fingerprint density at radius 2 is 1.77 bits per heavy atom. The second-order valence-corrected chi connectivity index (χ2v) is 10.8. The number of aromatic nitrogens is 5. The largest absolute Gasteiger partial charge is 0.483 e. The van der Waals surface area contributed by atoms with Crippen LogP contribution in [0.5, 0.6) is 11.6 Å². The van der Waals surface area contributed by atoms with Crippen LogP contribution in [0, 0.1) is 12.7 Å². The number of fused-ring (bicyclic) bond motifs is 2. The lowest BCUT2D eigenvalue weighted by Gasteiger charge is -2.22. The number of aryl methyl sites for hydroxylation is 1. The number of methoxy groups -OCH3 is 2. The van der Waals surface area contributed by atoms with Gasteiger partial charge in [-0.2, -0.15) is 0 Å². The Morgan fingerprint density at radius 1 is 0.977 bits per heavy atom. The standard InChI is InChI=1S/C29H25FN6O6S/c1-14-7-16(25-19(8-14)35-24(39-2)13-31-25)27-36-18-9-17(30)22(10-23(18)43-27)41-20-5-4-6-21(20)42-29(38)34-15-11-32-26(33-12-15)28(37)40-3/h7-13,20-21H,4-6H2,1-3H3,(H,34,38)/t20-,21+/m0/s1. The quantitative estimate of drug-likeness (QED) is 0.235. The Kier molecular flexibility index (Phi) is 7.67. The number of carbonyl (C=O) groups excluding carboxylic acids is 2. The van der Waals surface area contributed by atoms with Gasteiger partial charge in [-0.05, 0) is 43.9 Å². The van der Waals surface area contributed by atoms with E-state index in [-0.39, 0.29) is 17.3 Å². The molecule has 1 saturated carbocycles. The van der Waals surface area contributed by atoms with Crippen LogP contribution in [0.4, 0.5) is 14.9 Å². The van der Waals surface area contributed by atoms with Crippen LogP contribution in [-0.2, 0) is 9.47 Å². The van der Waals surface area contributed by atoms with Crippen molar-refractivity contribution in [1.29, 1.82) is 0 Å². The fraction of sp³-hybridized carbons (Fsp3) is 0.276. The van der Waals surface area contributed by atoms with Crippen molar-refractivity contribution >= 4 is 50.3 Å². The van der Waals surface area contributed by atoms with E-state index in [0.717, 1.165) is 22.2 Å². The first kappa shape index (κ1) is 28.2. The minimum atomic E-state index is -0.746. The van der Waals surface area contributed by atoms with Crippen LogP contribution in [0.15, 0.2) is 42.9 Å². The third-order valence-corrected chi connectivity index (χ3v) is 7.90. The molecule has 0 unspecified atom stereocenters. The van der Waals surface area contributed by atoms with Crippen LogP contribution in [0.3, 0.4) is 0 Å². The fourth-order valence-electron chi connectivity index (χ4n) is 4.84. The van der Waals surface area contributed by atoms with Crippen molar-refractivity contribution in [2.24, 2.45) is 0 Å². The van der Waals surface area contributed by atoms with Crippen molar-refractivity contribution in [3.8, 4) is 22.2 Å². The van der Waals surface area contributed by atoms with E-state index in [1.807, 2.05) is 19.1 Å². The normalized spacial score (nSPS) is 16.3. The molecule has 1 N–H and O–H groups in total. The smallest absolute Gasteiger partial charge is 0.412 e. The van der Waals surface area contributed by atoms with Gasteiger partial charge < -0.3 is 18.9 Å². The van der Waals surface area contributed by atoms with E-state index in [1.165, 1.54) is 44.0 Å². The molecule has 1 aliphatic carbocycles. The van der Waals surface area contributed by atoms with Gasteiger partial charge in [-0.15, -0.1) is 11.3 Å². The molecule has 0 spiro atoms. The Hall–Kier alpha value is -4.98. The third kappa shape index (κ3) is 5.86. The lowest BCUT2D eigenvalue weighted by atomic mass is 10.1. The first-order chi connectivity index (χ1) is 20.8. The molecule has 0 radical (unpaired) electrons. The number of anilines is 1. The fourth-order valence-corrected chi connectivity index (χ4v) is 5.84. The summed E-state index contributed by atoms with van der Waals surface area (Å²) in [6.07, 6.45) is 4.05. The predicted octanol–water partition coefficient (Wildman–Crippen LogP) is 5.49. The predicted molar refractivity (Wildman–Crippen MR) is 155 cm³/mol. The highest BCUT2D eigenvalue weighted by Crippen LogP contribution is 2.38. The van der Waals surface area contributed by atoms with E-state index in [1.54, 1.807) is 12.3 Å². The number of rotatable bonds is 7. The molecular weight excluding hydrogens is 579 g/mol. The molecule has 6 rings (SSSR count).